The van der Waals surface area contributed by atoms with Crippen molar-refractivity contribution >= 4 is 61.8 Å². The molecule has 0 radical (unpaired) electrons. The summed E-state index contributed by atoms with van der Waals surface area (Å²) in [5.41, 5.74) is 1.75. The predicted molar refractivity (Wildman–Crippen MR) is 119 cm³/mol. The van der Waals surface area contributed by atoms with Crippen molar-refractivity contribution in [3.05, 3.63) is 64.1 Å². The van der Waals surface area contributed by atoms with Gasteiger partial charge in [-0.05, 0) is 45.8 Å². The molecular weight excluding hydrogens is 476 g/mol. The molecule has 142 valence electrons. The van der Waals surface area contributed by atoms with Crippen molar-refractivity contribution in [1.29, 1.82) is 5.26 Å². The second kappa shape index (κ2) is 10.6. The summed E-state index contributed by atoms with van der Waals surface area (Å²) in [6.45, 7) is 0. The second-order valence-corrected chi connectivity index (χ2v) is 9.74. The van der Waals surface area contributed by atoms with Crippen LogP contribution in [-0.2, 0) is 10.5 Å². The molecule has 3 aromatic rings. The Balaban J connectivity index is 1.42. The molecule has 0 aliphatic carbocycles. The third kappa shape index (κ3) is 6.34. The van der Waals surface area contributed by atoms with Crippen LogP contribution >= 0.6 is 50.8 Å². The van der Waals surface area contributed by atoms with Gasteiger partial charge in [0.1, 0.15) is 0 Å². The standard InChI is InChI=1S/C19H15BrN4OS3/c20-15-3-1-2-4-16(15)26-10-9-17(25)22-18-23-24-19(28-18)27-12-14-7-5-13(11-21)6-8-14/h1-8H,9-10,12H2,(H,22,23,25). The maximum Gasteiger partial charge on any atom is 0.227 e. The normalized spacial score (nSPS) is 10.4. The molecule has 0 aliphatic rings. The number of halogens is 1. The largest absolute Gasteiger partial charge is 0.300 e. The van der Waals surface area contributed by atoms with E-state index in [2.05, 4.69) is 37.5 Å². The van der Waals surface area contributed by atoms with E-state index in [0.29, 0.717) is 22.9 Å². The fraction of sp³-hybridized carbons (Fsp3) is 0.158. The number of aromatic nitrogens is 2. The van der Waals surface area contributed by atoms with Crippen molar-refractivity contribution in [2.45, 2.75) is 21.4 Å². The zero-order valence-electron chi connectivity index (χ0n) is 14.6. The molecule has 0 saturated heterocycles. The number of hydrogen-bond acceptors (Lipinski definition) is 7. The number of hydrogen-bond donors (Lipinski definition) is 1. The van der Waals surface area contributed by atoms with Crippen molar-refractivity contribution in [3.8, 4) is 6.07 Å². The van der Waals surface area contributed by atoms with E-state index in [4.69, 9.17) is 5.26 Å². The third-order valence-corrected chi connectivity index (χ3v) is 7.59. The van der Waals surface area contributed by atoms with Gasteiger partial charge in [0.15, 0.2) is 4.34 Å². The fourth-order valence-corrected chi connectivity index (χ4v) is 5.38. The zero-order chi connectivity index (χ0) is 19.8. The number of anilines is 1. The minimum absolute atomic E-state index is 0.0701. The lowest BCUT2D eigenvalue weighted by atomic mass is 10.2. The molecule has 28 heavy (non-hydrogen) atoms. The van der Waals surface area contributed by atoms with Crippen molar-refractivity contribution in [3.63, 3.8) is 0 Å². The van der Waals surface area contributed by atoms with Gasteiger partial charge in [-0.3, -0.25) is 4.79 Å². The molecule has 0 saturated carbocycles. The number of amides is 1. The molecule has 0 fully saturated rings. The lowest BCUT2D eigenvalue weighted by Crippen LogP contribution is -2.11. The highest BCUT2D eigenvalue weighted by Crippen LogP contribution is 2.29. The Morgan fingerprint density at radius 1 is 1.14 bits per heavy atom. The summed E-state index contributed by atoms with van der Waals surface area (Å²) in [5.74, 6) is 1.35. The van der Waals surface area contributed by atoms with E-state index in [0.717, 1.165) is 25.0 Å². The lowest BCUT2D eigenvalue weighted by Gasteiger charge is -2.03. The Hall–Kier alpha value is -1.86. The molecule has 0 aliphatic heterocycles. The Morgan fingerprint density at radius 2 is 1.93 bits per heavy atom. The van der Waals surface area contributed by atoms with E-state index in [1.807, 2.05) is 36.4 Å². The second-order valence-electron chi connectivity index (χ2n) is 5.55. The quantitative estimate of drug-likeness (QED) is 0.327. The first-order valence-corrected chi connectivity index (χ1v) is 11.8. The molecule has 1 heterocycles. The molecule has 0 unspecified atom stereocenters. The molecule has 0 spiro atoms. The highest BCUT2D eigenvalue weighted by molar-refractivity contribution is 9.10. The number of rotatable bonds is 8. The molecule has 2 aromatic carbocycles. The van der Waals surface area contributed by atoms with Crippen LogP contribution in [0.3, 0.4) is 0 Å². The van der Waals surface area contributed by atoms with Crippen LogP contribution in [0.2, 0.25) is 0 Å². The summed E-state index contributed by atoms with van der Waals surface area (Å²) in [7, 11) is 0. The van der Waals surface area contributed by atoms with Crippen LogP contribution in [0, 0.1) is 11.3 Å². The van der Waals surface area contributed by atoms with E-state index < -0.39 is 0 Å². The van der Waals surface area contributed by atoms with Crippen molar-refractivity contribution < 1.29 is 4.79 Å². The first kappa shape index (κ1) is 20.9. The van der Waals surface area contributed by atoms with E-state index >= 15 is 0 Å². The Morgan fingerprint density at radius 3 is 2.68 bits per heavy atom. The van der Waals surface area contributed by atoms with Crippen LogP contribution < -0.4 is 5.32 Å². The van der Waals surface area contributed by atoms with Gasteiger partial charge in [0.25, 0.3) is 0 Å². The van der Waals surface area contributed by atoms with Crippen molar-refractivity contribution in [2.24, 2.45) is 0 Å². The van der Waals surface area contributed by atoms with Gasteiger partial charge in [-0.1, -0.05) is 47.4 Å². The molecule has 9 heteroatoms. The summed E-state index contributed by atoms with van der Waals surface area (Å²) >= 11 is 8.05. The van der Waals surface area contributed by atoms with Gasteiger partial charge in [-0.15, -0.1) is 22.0 Å². The van der Waals surface area contributed by atoms with Gasteiger partial charge in [0, 0.05) is 27.3 Å². The molecule has 3 rings (SSSR count). The summed E-state index contributed by atoms with van der Waals surface area (Å²) in [6, 6.07) is 17.5. The Kier molecular flexibility index (Phi) is 7.91. The van der Waals surface area contributed by atoms with Gasteiger partial charge >= 0.3 is 0 Å². The number of thioether (sulfide) groups is 2. The first-order chi connectivity index (χ1) is 13.6. The summed E-state index contributed by atoms with van der Waals surface area (Å²) in [5, 5.41) is 20.3. The van der Waals surface area contributed by atoms with Gasteiger partial charge in [-0.2, -0.15) is 5.26 Å². The molecule has 5 nitrogen and oxygen atoms in total. The van der Waals surface area contributed by atoms with Crippen molar-refractivity contribution in [2.75, 3.05) is 11.1 Å². The smallest absolute Gasteiger partial charge is 0.227 e. The number of carbonyl (C=O) groups excluding carboxylic acids is 1. The van der Waals surface area contributed by atoms with Crippen molar-refractivity contribution in [1.82, 2.24) is 10.2 Å². The van der Waals surface area contributed by atoms with Gasteiger partial charge in [0.2, 0.25) is 11.0 Å². The molecule has 1 amide bonds. The monoisotopic (exact) mass is 490 g/mol. The minimum atomic E-state index is -0.0701. The summed E-state index contributed by atoms with van der Waals surface area (Å²) in [4.78, 5) is 13.2. The van der Waals surface area contributed by atoms with Crippen LogP contribution in [-0.4, -0.2) is 21.9 Å². The molecule has 1 N–H and O–H groups in total. The van der Waals surface area contributed by atoms with Gasteiger partial charge in [0.05, 0.1) is 11.6 Å². The first-order valence-electron chi connectivity index (χ1n) is 8.26. The number of carbonyl (C=O) groups is 1. The number of nitrogens with zero attached hydrogens (tertiary/aromatic N) is 3. The highest BCUT2D eigenvalue weighted by Gasteiger charge is 2.10. The maximum absolute atomic E-state index is 12.1. The van der Waals surface area contributed by atoms with Gasteiger partial charge in [-0.25, -0.2) is 0 Å². The molecular formula is C19H15BrN4OS3. The van der Waals surface area contributed by atoms with E-state index in [1.54, 1.807) is 35.7 Å². The summed E-state index contributed by atoms with van der Waals surface area (Å²) < 4.78 is 1.83. The van der Waals surface area contributed by atoms with E-state index in [1.165, 1.54) is 11.3 Å². The number of nitriles is 1. The average Bonchev–Trinajstić information content (AvgIpc) is 3.15. The molecule has 0 atom stereocenters. The van der Waals surface area contributed by atoms with Crippen LogP contribution in [0.5, 0.6) is 0 Å². The minimum Gasteiger partial charge on any atom is -0.300 e. The summed E-state index contributed by atoms with van der Waals surface area (Å²) in [6.07, 6.45) is 0.402. The van der Waals surface area contributed by atoms with E-state index in [-0.39, 0.29) is 5.91 Å². The van der Waals surface area contributed by atoms with Crippen LogP contribution in [0.1, 0.15) is 17.5 Å². The Labute approximate surface area is 184 Å². The highest BCUT2D eigenvalue weighted by atomic mass is 79.9. The van der Waals surface area contributed by atoms with Crippen LogP contribution in [0.4, 0.5) is 5.13 Å². The molecule has 1 aromatic heterocycles. The van der Waals surface area contributed by atoms with Crippen LogP contribution in [0.25, 0.3) is 0 Å². The number of benzene rings is 2. The van der Waals surface area contributed by atoms with E-state index in [9.17, 15) is 4.79 Å². The third-order valence-electron chi connectivity index (χ3n) is 3.52. The topological polar surface area (TPSA) is 78.7 Å². The Bertz CT molecular complexity index is 985. The number of nitrogens with one attached hydrogen (secondary N) is 1. The van der Waals surface area contributed by atoms with Gasteiger partial charge < -0.3 is 5.32 Å². The maximum atomic E-state index is 12.1. The lowest BCUT2D eigenvalue weighted by molar-refractivity contribution is -0.115. The molecule has 0 bridgehead atoms. The van der Waals surface area contributed by atoms with Crippen LogP contribution in [0.15, 0.2) is 62.2 Å². The fourth-order valence-electron chi connectivity index (χ4n) is 2.14. The zero-order valence-corrected chi connectivity index (χ0v) is 18.6. The predicted octanol–water partition coefficient (Wildman–Crippen LogP) is 5.59. The average molecular weight is 491 g/mol. The SMILES string of the molecule is N#Cc1ccc(CSc2nnc(NC(=O)CCSc3ccccc3Br)s2)cc1.